The van der Waals surface area contributed by atoms with E-state index in [0.29, 0.717) is 23.9 Å². The Morgan fingerprint density at radius 3 is 2.71 bits per heavy atom. The lowest BCUT2D eigenvalue weighted by Gasteiger charge is -2.20. The van der Waals surface area contributed by atoms with Crippen molar-refractivity contribution in [2.75, 3.05) is 18.8 Å². The minimum atomic E-state index is -3.58. The number of nitro benzene ring substituents is 1. The average molecular weight is 330 g/mol. The molecule has 0 N–H and O–H groups in total. The Hall–Kier alpha value is -1.12. The van der Waals surface area contributed by atoms with E-state index in [9.17, 15) is 18.5 Å². The van der Waals surface area contributed by atoms with Crippen molar-refractivity contribution in [2.45, 2.75) is 30.4 Å². The van der Waals surface area contributed by atoms with Crippen LogP contribution in [0, 0.1) is 17.0 Å². The molecule has 0 amide bonds. The van der Waals surface area contributed by atoms with Gasteiger partial charge in [-0.3, -0.25) is 10.1 Å². The van der Waals surface area contributed by atoms with Crippen LogP contribution in [-0.2, 0) is 10.0 Å². The first kappa shape index (κ1) is 16.3. The number of nitro groups is 1. The summed E-state index contributed by atoms with van der Waals surface area (Å²) >= 11 is 1.77. The normalized spacial score (nSPS) is 21.0. The van der Waals surface area contributed by atoms with Crippen molar-refractivity contribution >= 4 is 27.5 Å². The summed E-state index contributed by atoms with van der Waals surface area (Å²) in [5, 5.41) is 11.2. The predicted molar refractivity (Wildman–Crippen MR) is 83.1 cm³/mol. The molecule has 0 bridgehead atoms. The zero-order valence-corrected chi connectivity index (χ0v) is 13.6. The molecule has 1 saturated heterocycles. The van der Waals surface area contributed by atoms with E-state index in [0.717, 1.165) is 12.2 Å². The Bertz CT molecular complexity index is 646. The van der Waals surface area contributed by atoms with Crippen molar-refractivity contribution in [2.24, 2.45) is 0 Å². The number of non-ortho nitro benzene ring substituents is 1. The quantitative estimate of drug-likeness (QED) is 0.628. The van der Waals surface area contributed by atoms with E-state index < -0.39 is 14.9 Å². The van der Waals surface area contributed by atoms with Gasteiger partial charge in [-0.1, -0.05) is 6.92 Å². The van der Waals surface area contributed by atoms with Crippen LogP contribution in [-0.4, -0.2) is 41.7 Å². The van der Waals surface area contributed by atoms with Crippen molar-refractivity contribution in [1.29, 1.82) is 0 Å². The zero-order chi connectivity index (χ0) is 15.6. The number of nitrogens with zero attached hydrogens (tertiary/aromatic N) is 2. The van der Waals surface area contributed by atoms with Gasteiger partial charge in [0.1, 0.15) is 0 Å². The number of hydrogen-bond donors (Lipinski definition) is 0. The molecule has 1 fully saturated rings. The third-order valence-electron chi connectivity index (χ3n) is 3.52. The van der Waals surface area contributed by atoms with E-state index in [4.69, 9.17) is 0 Å². The molecule has 2 rings (SSSR count). The molecule has 0 radical (unpaired) electrons. The highest BCUT2D eigenvalue weighted by molar-refractivity contribution is 8.00. The maximum Gasteiger partial charge on any atom is 0.269 e. The predicted octanol–water partition coefficient (Wildman–Crippen LogP) is 2.42. The molecule has 0 spiro atoms. The number of sulfonamides is 1. The van der Waals surface area contributed by atoms with E-state index in [1.54, 1.807) is 18.7 Å². The molecule has 6 nitrogen and oxygen atoms in total. The molecule has 0 saturated carbocycles. The van der Waals surface area contributed by atoms with Gasteiger partial charge in [0, 0.05) is 36.2 Å². The van der Waals surface area contributed by atoms with E-state index in [-0.39, 0.29) is 10.6 Å². The van der Waals surface area contributed by atoms with E-state index in [1.807, 2.05) is 0 Å². The molecule has 0 unspecified atom stereocenters. The monoisotopic (exact) mass is 330 g/mol. The summed E-state index contributed by atoms with van der Waals surface area (Å²) in [6.07, 6.45) is 0.815. The van der Waals surface area contributed by atoms with Crippen molar-refractivity contribution in [3.05, 3.63) is 33.9 Å². The highest BCUT2D eigenvalue weighted by Crippen LogP contribution is 2.27. The van der Waals surface area contributed by atoms with Crippen LogP contribution in [0.2, 0.25) is 0 Å². The van der Waals surface area contributed by atoms with E-state index in [2.05, 4.69) is 6.92 Å². The maximum atomic E-state index is 12.7. The lowest BCUT2D eigenvalue weighted by Crippen LogP contribution is -2.33. The fraction of sp³-hybridized carbons (Fsp3) is 0.538. The highest BCUT2D eigenvalue weighted by atomic mass is 32.2. The number of rotatable bonds is 3. The second-order valence-corrected chi connectivity index (χ2v) is 8.53. The van der Waals surface area contributed by atoms with Gasteiger partial charge in [-0.25, -0.2) is 8.42 Å². The van der Waals surface area contributed by atoms with Gasteiger partial charge < -0.3 is 0 Å². The molecule has 8 heteroatoms. The van der Waals surface area contributed by atoms with Crippen LogP contribution in [0.15, 0.2) is 23.1 Å². The summed E-state index contributed by atoms with van der Waals surface area (Å²) in [6, 6.07) is 3.89. The standard InChI is InChI=1S/C13H18N2O4S2/c1-10-9-12(15(16)17)3-4-13(10)21(18,19)14-6-5-11(2)20-8-7-14/h3-4,9,11H,5-8H2,1-2H3/t11-/m0/s1. The molecule has 0 aromatic heterocycles. The van der Waals surface area contributed by atoms with Gasteiger partial charge in [0.2, 0.25) is 10.0 Å². The van der Waals surface area contributed by atoms with E-state index in [1.165, 1.54) is 22.5 Å². The van der Waals surface area contributed by atoms with Crippen molar-refractivity contribution in [3.63, 3.8) is 0 Å². The van der Waals surface area contributed by atoms with Crippen LogP contribution in [0.1, 0.15) is 18.9 Å². The summed E-state index contributed by atoms with van der Waals surface area (Å²) in [6.45, 7) is 4.66. The van der Waals surface area contributed by atoms with E-state index >= 15 is 0 Å². The van der Waals surface area contributed by atoms with Gasteiger partial charge in [-0.2, -0.15) is 16.1 Å². The summed E-state index contributed by atoms with van der Waals surface area (Å²) in [7, 11) is -3.58. The lowest BCUT2D eigenvalue weighted by molar-refractivity contribution is -0.385. The van der Waals surface area contributed by atoms with Crippen LogP contribution < -0.4 is 0 Å². The van der Waals surface area contributed by atoms with Crippen LogP contribution >= 0.6 is 11.8 Å². The minimum absolute atomic E-state index is 0.0912. The second kappa shape index (κ2) is 6.33. The highest BCUT2D eigenvalue weighted by Gasteiger charge is 2.28. The number of aryl methyl sites for hydroxylation is 1. The largest absolute Gasteiger partial charge is 0.269 e. The first-order valence-electron chi connectivity index (χ1n) is 6.69. The molecule has 1 aliphatic heterocycles. The Morgan fingerprint density at radius 2 is 2.10 bits per heavy atom. The summed E-state index contributed by atoms with van der Waals surface area (Å²) in [4.78, 5) is 10.4. The lowest BCUT2D eigenvalue weighted by atomic mass is 10.2. The molecule has 116 valence electrons. The molecular formula is C13H18N2O4S2. The van der Waals surface area contributed by atoms with Crippen LogP contribution in [0.3, 0.4) is 0 Å². The van der Waals surface area contributed by atoms with Crippen molar-refractivity contribution < 1.29 is 13.3 Å². The summed E-state index contributed by atoms with van der Waals surface area (Å²) in [5.41, 5.74) is 0.320. The summed E-state index contributed by atoms with van der Waals surface area (Å²) < 4.78 is 26.9. The first-order valence-corrected chi connectivity index (χ1v) is 9.18. The molecule has 1 aliphatic rings. The smallest absolute Gasteiger partial charge is 0.258 e. The van der Waals surface area contributed by atoms with Gasteiger partial charge >= 0.3 is 0 Å². The first-order chi connectivity index (χ1) is 9.82. The van der Waals surface area contributed by atoms with Crippen LogP contribution in [0.5, 0.6) is 0 Å². The van der Waals surface area contributed by atoms with Crippen molar-refractivity contribution in [3.8, 4) is 0 Å². The van der Waals surface area contributed by atoms with Gasteiger partial charge in [0.05, 0.1) is 9.82 Å². The zero-order valence-electron chi connectivity index (χ0n) is 12.0. The number of hydrogen-bond acceptors (Lipinski definition) is 5. The molecular weight excluding hydrogens is 312 g/mol. The third-order valence-corrected chi connectivity index (χ3v) is 6.80. The molecule has 1 atom stereocenters. The molecule has 21 heavy (non-hydrogen) atoms. The molecule has 0 aliphatic carbocycles. The fourth-order valence-electron chi connectivity index (χ4n) is 2.29. The number of thioether (sulfide) groups is 1. The Balaban J connectivity index is 2.33. The Kier molecular flexibility index (Phi) is 4.90. The van der Waals surface area contributed by atoms with Crippen LogP contribution in [0.25, 0.3) is 0 Å². The van der Waals surface area contributed by atoms with Gasteiger partial charge in [-0.05, 0) is 25.0 Å². The van der Waals surface area contributed by atoms with Gasteiger partial charge in [-0.15, -0.1) is 0 Å². The second-order valence-electron chi connectivity index (χ2n) is 5.08. The van der Waals surface area contributed by atoms with Gasteiger partial charge in [0.15, 0.2) is 0 Å². The average Bonchev–Trinajstić information content (AvgIpc) is 2.63. The maximum absolute atomic E-state index is 12.7. The fourth-order valence-corrected chi connectivity index (χ4v) is 5.07. The Labute approximate surface area is 128 Å². The SMILES string of the molecule is Cc1cc([N+](=O)[O-])ccc1S(=O)(=O)N1CCS[C@@H](C)CC1. The topological polar surface area (TPSA) is 80.5 Å². The minimum Gasteiger partial charge on any atom is -0.258 e. The number of benzene rings is 1. The molecule has 1 aromatic rings. The molecule has 1 aromatic carbocycles. The third kappa shape index (κ3) is 3.56. The Morgan fingerprint density at radius 1 is 1.38 bits per heavy atom. The molecule has 1 heterocycles. The van der Waals surface area contributed by atoms with Gasteiger partial charge in [0.25, 0.3) is 5.69 Å². The summed E-state index contributed by atoms with van der Waals surface area (Å²) in [5.74, 6) is 0.770. The van der Waals surface area contributed by atoms with Crippen LogP contribution in [0.4, 0.5) is 5.69 Å². The van der Waals surface area contributed by atoms with Crippen molar-refractivity contribution in [1.82, 2.24) is 4.31 Å².